The number of rotatable bonds is 7. The van der Waals surface area contributed by atoms with Crippen LogP contribution in [0.2, 0.25) is 0 Å². The SMILES string of the molecule is CC(=O)OC[C@@H]1OC(O[N+](=O)[O-])[C@@H](N=[N+]=[N-])[C@H](OC(C)=O)[C@@H]1OC(C)=O. The quantitative estimate of drug-likeness (QED) is 0.111. The fourth-order valence-corrected chi connectivity index (χ4v) is 2.24. The van der Waals surface area contributed by atoms with Crippen molar-refractivity contribution in [1.82, 2.24) is 0 Å². The van der Waals surface area contributed by atoms with Crippen LogP contribution in [-0.4, -0.2) is 60.2 Å². The zero-order chi connectivity index (χ0) is 19.9. The molecule has 1 fully saturated rings. The fourth-order valence-electron chi connectivity index (χ4n) is 2.24. The maximum atomic E-state index is 11.4. The van der Waals surface area contributed by atoms with E-state index in [4.69, 9.17) is 24.5 Å². The first-order valence-electron chi connectivity index (χ1n) is 7.14. The van der Waals surface area contributed by atoms with Crippen LogP contribution in [-0.2, 0) is 38.2 Å². The van der Waals surface area contributed by atoms with E-state index in [-0.39, 0.29) is 0 Å². The van der Waals surface area contributed by atoms with Crippen molar-refractivity contribution >= 4 is 17.9 Å². The van der Waals surface area contributed by atoms with Crippen molar-refractivity contribution in [2.24, 2.45) is 5.11 Å². The fraction of sp³-hybridized carbons (Fsp3) is 0.750. The molecule has 26 heavy (non-hydrogen) atoms. The molecule has 0 radical (unpaired) electrons. The smallest absolute Gasteiger partial charge is 0.303 e. The maximum absolute atomic E-state index is 11.4. The van der Waals surface area contributed by atoms with E-state index in [9.17, 15) is 24.5 Å². The number of carbonyl (C=O) groups is 3. The average molecular weight is 376 g/mol. The van der Waals surface area contributed by atoms with Crippen LogP contribution in [0.25, 0.3) is 10.4 Å². The zero-order valence-corrected chi connectivity index (χ0v) is 14.0. The molecular formula is C12H16N4O10. The minimum absolute atomic E-state index is 0.494. The Labute approximate surface area is 146 Å². The van der Waals surface area contributed by atoms with Crippen molar-refractivity contribution in [2.75, 3.05) is 6.61 Å². The van der Waals surface area contributed by atoms with Crippen molar-refractivity contribution < 1.29 is 43.3 Å². The van der Waals surface area contributed by atoms with E-state index < -0.39 is 60.2 Å². The van der Waals surface area contributed by atoms with E-state index in [1.165, 1.54) is 0 Å². The molecule has 1 aliphatic rings. The highest BCUT2D eigenvalue weighted by molar-refractivity contribution is 5.68. The predicted molar refractivity (Wildman–Crippen MR) is 77.4 cm³/mol. The summed E-state index contributed by atoms with van der Waals surface area (Å²) in [6, 6.07) is -1.55. The third kappa shape index (κ3) is 6.07. The Bertz CT molecular complexity index is 619. The van der Waals surface area contributed by atoms with Gasteiger partial charge in [-0.2, -0.15) is 0 Å². The van der Waals surface area contributed by atoms with Crippen LogP contribution < -0.4 is 0 Å². The summed E-state index contributed by atoms with van der Waals surface area (Å²) in [6.07, 6.45) is -5.94. The standard InChI is InChI=1S/C12H16N4O10/c1-5(17)22-4-8-10(23-6(2)18)11(24-7(3)19)9(14-15-13)12(25-8)26-16(20)21/h8-12H,4H2,1-3H3/t8-,9-,10+,11-,12?/m0/s1. The minimum atomic E-state index is -1.79. The van der Waals surface area contributed by atoms with Crippen molar-refractivity contribution in [3.05, 3.63) is 20.6 Å². The second kappa shape index (κ2) is 9.39. The Morgan fingerprint density at radius 3 is 2.19 bits per heavy atom. The molecule has 0 aromatic carbocycles. The molecule has 0 amide bonds. The van der Waals surface area contributed by atoms with E-state index in [2.05, 4.69) is 14.9 Å². The molecule has 0 N–H and O–H groups in total. The van der Waals surface area contributed by atoms with E-state index in [1.807, 2.05) is 0 Å². The van der Waals surface area contributed by atoms with Crippen molar-refractivity contribution in [1.29, 1.82) is 0 Å². The highest BCUT2D eigenvalue weighted by Crippen LogP contribution is 2.29. The van der Waals surface area contributed by atoms with Crippen LogP contribution in [0.15, 0.2) is 5.11 Å². The molecule has 1 unspecified atom stereocenters. The number of hydrogen-bond donors (Lipinski definition) is 0. The highest BCUT2D eigenvalue weighted by atomic mass is 17.0. The summed E-state index contributed by atoms with van der Waals surface area (Å²) in [4.78, 5) is 51.3. The highest BCUT2D eigenvalue weighted by Gasteiger charge is 2.51. The molecule has 1 rings (SSSR count). The molecule has 0 aromatic rings. The normalized spacial score (nSPS) is 27.4. The van der Waals surface area contributed by atoms with E-state index >= 15 is 0 Å². The van der Waals surface area contributed by atoms with Gasteiger partial charge in [-0.05, 0) is 5.53 Å². The van der Waals surface area contributed by atoms with Gasteiger partial charge in [-0.15, -0.1) is 10.1 Å². The molecule has 144 valence electrons. The molecule has 1 heterocycles. The summed E-state index contributed by atoms with van der Waals surface area (Å²) in [5, 5.41) is 12.8. The number of nitrogens with zero attached hydrogens (tertiary/aromatic N) is 4. The molecule has 14 heteroatoms. The lowest BCUT2D eigenvalue weighted by Crippen LogP contribution is -2.61. The van der Waals surface area contributed by atoms with Crippen LogP contribution in [0.5, 0.6) is 0 Å². The second-order valence-corrected chi connectivity index (χ2v) is 5.02. The Hall–Kier alpha value is -3.12. The number of hydrogen-bond acceptors (Lipinski definition) is 11. The van der Waals surface area contributed by atoms with Crippen LogP contribution in [0.1, 0.15) is 20.8 Å². The van der Waals surface area contributed by atoms with Gasteiger partial charge in [-0.3, -0.25) is 19.2 Å². The summed E-state index contributed by atoms with van der Waals surface area (Å²) in [6.45, 7) is 2.68. The summed E-state index contributed by atoms with van der Waals surface area (Å²) < 4.78 is 20.1. The van der Waals surface area contributed by atoms with Gasteiger partial charge in [-0.1, -0.05) is 5.11 Å². The van der Waals surface area contributed by atoms with Gasteiger partial charge in [0.05, 0.1) is 0 Å². The lowest BCUT2D eigenvalue weighted by molar-refractivity contribution is -0.783. The Morgan fingerprint density at radius 2 is 1.73 bits per heavy atom. The van der Waals surface area contributed by atoms with Crippen LogP contribution in [0, 0.1) is 10.1 Å². The van der Waals surface area contributed by atoms with E-state index in [1.54, 1.807) is 0 Å². The molecule has 0 aromatic heterocycles. The van der Waals surface area contributed by atoms with Gasteiger partial charge in [0.15, 0.2) is 12.2 Å². The molecule has 5 atom stereocenters. The second-order valence-electron chi connectivity index (χ2n) is 5.02. The van der Waals surface area contributed by atoms with Crippen molar-refractivity contribution in [3.8, 4) is 0 Å². The van der Waals surface area contributed by atoms with E-state index in [0.717, 1.165) is 20.8 Å². The van der Waals surface area contributed by atoms with Gasteiger partial charge >= 0.3 is 17.9 Å². The summed E-state index contributed by atoms with van der Waals surface area (Å²) in [5.41, 5.74) is 8.69. The lowest BCUT2D eigenvalue weighted by Gasteiger charge is -2.42. The number of esters is 3. The molecule has 0 spiro atoms. The van der Waals surface area contributed by atoms with Crippen molar-refractivity contribution in [3.63, 3.8) is 0 Å². The summed E-state index contributed by atoms with van der Waals surface area (Å²) in [5.74, 6) is -2.36. The first-order valence-corrected chi connectivity index (χ1v) is 7.14. The molecule has 0 saturated carbocycles. The van der Waals surface area contributed by atoms with Gasteiger partial charge in [0, 0.05) is 25.7 Å². The lowest BCUT2D eigenvalue weighted by atomic mass is 9.97. The molecule has 0 bridgehead atoms. The topological polar surface area (TPSA) is 189 Å². The zero-order valence-electron chi connectivity index (χ0n) is 14.0. The summed E-state index contributed by atoms with van der Waals surface area (Å²) >= 11 is 0. The van der Waals surface area contributed by atoms with Crippen LogP contribution in [0.3, 0.4) is 0 Å². The largest absolute Gasteiger partial charge is 0.463 e. The number of azide groups is 1. The summed E-state index contributed by atoms with van der Waals surface area (Å²) in [7, 11) is 0. The minimum Gasteiger partial charge on any atom is -0.463 e. The third-order valence-corrected chi connectivity index (χ3v) is 3.04. The van der Waals surface area contributed by atoms with Gasteiger partial charge in [0.2, 0.25) is 6.29 Å². The third-order valence-electron chi connectivity index (χ3n) is 3.04. The van der Waals surface area contributed by atoms with Gasteiger partial charge in [0.25, 0.3) is 5.09 Å². The van der Waals surface area contributed by atoms with Crippen molar-refractivity contribution in [2.45, 2.75) is 51.4 Å². The first-order chi connectivity index (χ1) is 12.1. The first kappa shape index (κ1) is 20.9. The van der Waals surface area contributed by atoms with Gasteiger partial charge in [0.1, 0.15) is 18.8 Å². The maximum Gasteiger partial charge on any atom is 0.303 e. The number of carbonyl (C=O) groups excluding carboxylic acids is 3. The molecule has 14 nitrogen and oxygen atoms in total. The monoisotopic (exact) mass is 376 g/mol. The Balaban J connectivity index is 3.28. The average Bonchev–Trinajstić information content (AvgIpc) is 2.49. The molecule has 1 saturated heterocycles. The van der Waals surface area contributed by atoms with Gasteiger partial charge in [-0.25, -0.2) is 0 Å². The van der Waals surface area contributed by atoms with E-state index in [0.29, 0.717) is 0 Å². The predicted octanol–water partition coefficient (Wildman–Crippen LogP) is 0.0250. The Kier molecular flexibility index (Phi) is 7.55. The Morgan fingerprint density at radius 1 is 1.15 bits per heavy atom. The van der Waals surface area contributed by atoms with Crippen LogP contribution >= 0.6 is 0 Å². The molecule has 1 aliphatic heterocycles. The number of ether oxygens (including phenoxy) is 4. The van der Waals surface area contributed by atoms with Gasteiger partial charge < -0.3 is 18.9 Å². The van der Waals surface area contributed by atoms with Crippen LogP contribution in [0.4, 0.5) is 0 Å². The molecular weight excluding hydrogens is 360 g/mol. The molecule has 0 aliphatic carbocycles.